The van der Waals surface area contributed by atoms with Crippen LogP contribution in [-0.4, -0.2) is 25.0 Å². The Morgan fingerprint density at radius 1 is 1.22 bits per heavy atom. The number of hydrogen-bond acceptors (Lipinski definition) is 4. The topological polar surface area (TPSA) is 83.6 Å². The van der Waals surface area contributed by atoms with E-state index in [-0.39, 0.29) is 12.1 Å². The molecule has 0 spiro atoms. The average molecular weight is 315 g/mol. The van der Waals surface area contributed by atoms with Crippen molar-refractivity contribution < 1.29 is 15.1 Å². The molecule has 0 aliphatic carbocycles. The normalized spacial score (nSPS) is 15.2. The number of nitrogens with zero attached hydrogens (tertiary/aromatic N) is 1. The van der Waals surface area contributed by atoms with E-state index in [9.17, 15) is 20.3 Å². The molecule has 2 atom stereocenters. The van der Waals surface area contributed by atoms with Gasteiger partial charge in [0.25, 0.3) is 5.69 Å². The zero-order valence-corrected chi connectivity index (χ0v) is 11.2. The Bertz CT molecular complexity index is 418. The lowest BCUT2D eigenvalue weighted by atomic mass is 10.0. The van der Waals surface area contributed by atoms with E-state index >= 15 is 0 Å². The smallest absolute Gasteiger partial charge is 0.269 e. The van der Waals surface area contributed by atoms with Crippen LogP contribution in [0.25, 0.3) is 0 Å². The molecule has 8 heteroatoms. The van der Waals surface area contributed by atoms with Crippen LogP contribution in [0.4, 0.5) is 5.69 Å². The number of hydrogen-bond donors (Lipinski definition) is 2. The Balaban J connectivity index is 2.73. The summed E-state index contributed by atoms with van der Waals surface area (Å²) < 4.78 is -1.89. The molecule has 100 valence electrons. The van der Waals surface area contributed by atoms with Gasteiger partial charge in [-0.05, 0) is 17.7 Å². The Hall–Kier alpha value is -0.590. The van der Waals surface area contributed by atoms with Gasteiger partial charge in [0.2, 0.25) is 3.79 Å². The molecule has 0 aliphatic heterocycles. The Morgan fingerprint density at radius 2 is 1.72 bits per heavy atom. The predicted molar refractivity (Wildman–Crippen MR) is 69.0 cm³/mol. The summed E-state index contributed by atoms with van der Waals surface area (Å²) in [7, 11) is 0. The Kier molecular flexibility index (Phi) is 5.19. The molecule has 2 N–H and O–H groups in total. The van der Waals surface area contributed by atoms with Crippen LogP contribution in [0.3, 0.4) is 0 Å². The van der Waals surface area contributed by atoms with Gasteiger partial charge in [0.05, 0.1) is 11.0 Å². The number of nitro benzene ring substituents is 1. The second-order valence-corrected chi connectivity index (χ2v) is 6.03. The van der Waals surface area contributed by atoms with Crippen molar-refractivity contribution in [2.75, 3.05) is 0 Å². The molecule has 0 saturated carbocycles. The summed E-state index contributed by atoms with van der Waals surface area (Å²) >= 11 is 16.4. The van der Waals surface area contributed by atoms with Crippen molar-refractivity contribution in [1.82, 2.24) is 0 Å². The summed E-state index contributed by atoms with van der Waals surface area (Å²) in [4.78, 5) is 9.89. The Morgan fingerprint density at radius 3 is 2.11 bits per heavy atom. The number of aliphatic hydroxyl groups excluding tert-OH is 2. The second-order valence-electron chi connectivity index (χ2n) is 3.66. The van der Waals surface area contributed by atoms with E-state index in [0.717, 1.165) is 0 Å². The fourth-order valence-corrected chi connectivity index (χ4v) is 1.57. The van der Waals surface area contributed by atoms with Crippen LogP contribution in [0.2, 0.25) is 0 Å². The first-order chi connectivity index (χ1) is 8.21. The van der Waals surface area contributed by atoms with Crippen molar-refractivity contribution in [2.45, 2.75) is 22.4 Å². The number of aliphatic hydroxyl groups is 2. The molecule has 0 aromatic heterocycles. The van der Waals surface area contributed by atoms with Gasteiger partial charge in [-0.2, -0.15) is 0 Å². The van der Waals surface area contributed by atoms with Gasteiger partial charge in [0.15, 0.2) is 0 Å². The maximum atomic E-state index is 10.4. The summed E-state index contributed by atoms with van der Waals surface area (Å²) in [6.07, 6.45) is -2.60. The lowest BCUT2D eigenvalue weighted by Gasteiger charge is -2.21. The van der Waals surface area contributed by atoms with E-state index in [1.54, 1.807) is 0 Å². The quantitative estimate of drug-likeness (QED) is 0.508. The number of benzene rings is 1. The third-order valence-electron chi connectivity index (χ3n) is 2.31. The number of halogens is 3. The van der Waals surface area contributed by atoms with E-state index in [1.165, 1.54) is 24.3 Å². The molecule has 0 aliphatic rings. The average Bonchev–Trinajstić information content (AvgIpc) is 2.27. The van der Waals surface area contributed by atoms with Gasteiger partial charge in [-0.3, -0.25) is 10.1 Å². The zero-order valence-electron chi connectivity index (χ0n) is 8.96. The number of rotatable bonds is 4. The minimum absolute atomic E-state index is 0.0899. The molecule has 0 unspecified atom stereocenters. The monoisotopic (exact) mass is 313 g/mol. The minimum atomic E-state index is -1.89. The van der Waals surface area contributed by atoms with Crippen molar-refractivity contribution in [2.24, 2.45) is 0 Å². The van der Waals surface area contributed by atoms with Gasteiger partial charge >= 0.3 is 0 Å². The highest BCUT2D eigenvalue weighted by Crippen LogP contribution is 2.34. The van der Waals surface area contributed by atoms with Gasteiger partial charge in [-0.15, -0.1) is 0 Å². The molecule has 0 bridgehead atoms. The maximum absolute atomic E-state index is 10.4. The van der Waals surface area contributed by atoms with Crippen molar-refractivity contribution in [3.8, 4) is 0 Å². The van der Waals surface area contributed by atoms with E-state index < -0.39 is 20.9 Å². The third kappa shape index (κ3) is 4.26. The highest BCUT2D eigenvalue weighted by molar-refractivity contribution is 6.68. The summed E-state index contributed by atoms with van der Waals surface area (Å²) in [5.74, 6) is 0. The molecule has 0 radical (unpaired) electrons. The molecular formula is C10H10Cl3NO4. The van der Waals surface area contributed by atoms with Gasteiger partial charge in [-0.25, -0.2) is 0 Å². The SMILES string of the molecule is O=[N+]([O-])c1ccc([C@H](O)C[C@@H](O)C(Cl)(Cl)Cl)cc1. The molecule has 1 aromatic carbocycles. The summed E-state index contributed by atoms with van der Waals surface area (Å²) in [5.41, 5.74) is 0.307. The van der Waals surface area contributed by atoms with Gasteiger partial charge in [-0.1, -0.05) is 34.8 Å². The molecule has 0 saturated heterocycles. The lowest BCUT2D eigenvalue weighted by molar-refractivity contribution is -0.384. The number of non-ortho nitro benzene ring substituents is 1. The Labute approximate surface area is 118 Å². The van der Waals surface area contributed by atoms with Crippen LogP contribution in [0, 0.1) is 10.1 Å². The van der Waals surface area contributed by atoms with Crippen LogP contribution in [0.15, 0.2) is 24.3 Å². The molecule has 0 fully saturated rings. The van der Waals surface area contributed by atoms with Gasteiger partial charge in [0, 0.05) is 18.6 Å². The first kappa shape index (κ1) is 15.5. The van der Waals surface area contributed by atoms with Crippen molar-refractivity contribution in [1.29, 1.82) is 0 Å². The third-order valence-corrected chi connectivity index (χ3v) is 3.07. The zero-order chi connectivity index (χ0) is 13.9. The molecule has 1 aromatic rings. The van der Waals surface area contributed by atoms with E-state index in [1.807, 2.05) is 0 Å². The molecule has 0 heterocycles. The van der Waals surface area contributed by atoms with E-state index in [4.69, 9.17) is 34.8 Å². The molecule has 18 heavy (non-hydrogen) atoms. The second kappa shape index (κ2) is 6.04. The fraction of sp³-hybridized carbons (Fsp3) is 0.400. The maximum Gasteiger partial charge on any atom is 0.269 e. The summed E-state index contributed by atoms with van der Waals surface area (Å²) in [6.45, 7) is 0. The van der Waals surface area contributed by atoms with Crippen LogP contribution < -0.4 is 0 Å². The van der Waals surface area contributed by atoms with E-state index in [0.29, 0.717) is 5.56 Å². The largest absolute Gasteiger partial charge is 0.389 e. The summed E-state index contributed by atoms with van der Waals surface area (Å²) in [6, 6.07) is 5.27. The van der Waals surface area contributed by atoms with Crippen molar-refractivity contribution in [3.05, 3.63) is 39.9 Å². The van der Waals surface area contributed by atoms with Gasteiger partial charge < -0.3 is 10.2 Å². The molecule has 5 nitrogen and oxygen atoms in total. The first-order valence-corrected chi connectivity index (χ1v) is 6.02. The molecule has 0 amide bonds. The molecule has 1 rings (SSSR count). The standard InChI is InChI=1S/C10H10Cl3NO4/c11-10(12,13)9(16)5-8(15)6-1-3-7(4-2-6)14(17)18/h1-4,8-9,15-16H,5H2/t8-,9-/m1/s1. The molecular weight excluding hydrogens is 304 g/mol. The van der Waals surface area contributed by atoms with Crippen molar-refractivity contribution in [3.63, 3.8) is 0 Å². The number of alkyl halides is 3. The van der Waals surface area contributed by atoms with Crippen LogP contribution >= 0.6 is 34.8 Å². The lowest BCUT2D eigenvalue weighted by Crippen LogP contribution is -2.27. The van der Waals surface area contributed by atoms with Crippen LogP contribution in [0.5, 0.6) is 0 Å². The van der Waals surface area contributed by atoms with Crippen LogP contribution in [0.1, 0.15) is 18.1 Å². The predicted octanol–water partition coefficient (Wildman–Crippen LogP) is 2.75. The fourth-order valence-electron chi connectivity index (χ4n) is 1.30. The number of nitro groups is 1. The summed E-state index contributed by atoms with van der Waals surface area (Å²) in [5, 5.41) is 29.7. The van der Waals surface area contributed by atoms with Gasteiger partial charge in [0.1, 0.15) is 6.10 Å². The highest BCUT2D eigenvalue weighted by atomic mass is 35.6. The minimum Gasteiger partial charge on any atom is -0.389 e. The first-order valence-electron chi connectivity index (χ1n) is 4.89. The highest BCUT2D eigenvalue weighted by Gasteiger charge is 2.32. The van der Waals surface area contributed by atoms with Crippen molar-refractivity contribution >= 4 is 40.5 Å². The van der Waals surface area contributed by atoms with E-state index in [2.05, 4.69) is 0 Å². The van der Waals surface area contributed by atoms with Crippen LogP contribution in [-0.2, 0) is 0 Å².